The minimum atomic E-state index is -0.260. The highest BCUT2D eigenvalue weighted by Gasteiger charge is 2.26. The van der Waals surface area contributed by atoms with Gasteiger partial charge in [-0.05, 0) is 38.1 Å². The Morgan fingerprint density at radius 1 is 1.30 bits per heavy atom. The molecule has 0 N–H and O–H groups in total. The molecule has 146 valence electrons. The molecule has 1 saturated heterocycles. The van der Waals surface area contributed by atoms with Crippen LogP contribution in [0.1, 0.15) is 25.3 Å². The number of carbonyl (C=O) groups is 1. The van der Waals surface area contributed by atoms with Gasteiger partial charge < -0.3 is 19.0 Å². The second-order valence-corrected chi connectivity index (χ2v) is 7.88. The average molecular weight is 391 g/mol. The minimum absolute atomic E-state index is 0.117. The van der Waals surface area contributed by atoms with Gasteiger partial charge in [-0.15, -0.1) is 10.2 Å². The number of hydrogen-bond acceptors (Lipinski definition) is 7. The van der Waals surface area contributed by atoms with Crippen LogP contribution in [0.4, 0.5) is 0 Å². The van der Waals surface area contributed by atoms with Crippen molar-refractivity contribution < 1.29 is 13.9 Å². The van der Waals surface area contributed by atoms with Gasteiger partial charge in [-0.1, -0.05) is 30.8 Å². The van der Waals surface area contributed by atoms with Crippen LogP contribution in [0, 0.1) is 6.92 Å². The lowest BCUT2D eigenvalue weighted by atomic mass is 10.2. The molecule has 3 rings (SSSR count). The van der Waals surface area contributed by atoms with Crippen molar-refractivity contribution in [2.45, 2.75) is 37.9 Å². The summed E-state index contributed by atoms with van der Waals surface area (Å²) in [7, 11) is 0. The smallest absolute Gasteiger partial charge is 0.277 e. The number of carbonyl (C=O) groups excluding carboxylic acids is 1. The van der Waals surface area contributed by atoms with Crippen LogP contribution in [0.15, 0.2) is 33.9 Å². The van der Waals surface area contributed by atoms with Gasteiger partial charge in [0, 0.05) is 26.2 Å². The van der Waals surface area contributed by atoms with Crippen molar-refractivity contribution in [2.75, 3.05) is 32.7 Å². The molecule has 0 radical (unpaired) electrons. The molecule has 1 atom stereocenters. The van der Waals surface area contributed by atoms with Gasteiger partial charge in [-0.2, -0.15) is 0 Å². The normalized spacial score (nSPS) is 16.3. The fourth-order valence-corrected chi connectivity index (χ4v) is 3.72. The van der Waals surface area contributed by atoms with Gasteiger partial charge >= 0.3 is 0 Å². The molecule has 1 aliphatic heterocycles. The van der Waals surface area contributed by atoms with Crippen molar-refractivity contribution in [3.63, 3.8) is 0 Å². The van der Waals surface area contributed by atoms with Gasteiger partial charge in [0.05, 0.1) is 5.25 Å². The van der Waals surface area contributed by atoms with E-state index >= 15 is 0 Å². The fraction of sp³-hybridized carbons (Fsp3) is 0.526. The van der Waals surface area contributed by atoms with Crippen LogP contribution in [0.5, 0.6) is 5.75 Å². The summed E-state index contributed by atoms with van der Waals surface area (Å²) < 4.78 is 11.3. The second-order valence-electron chi connectivity index (χ2n) is 6.59. The van der Waals surface area contributed by atoms with Gasteiger partial charge in [0.15, 0.2) is 6.61 Å². The number of aryl methyl sites for hydroxylation is 1. The summed E-state index contributed by atoms with van der Waals surface area (Å²) >= 11 is 1.30. The molecule has 1 aromatic carbocycles. The highest BCUT2D eigenvalue weighted by Crippen LogP contribution is 2.24. The highest BCUT2D eigenvalue weighted by molar-refractivity contribution is 8.00. The Labute approximate surface area is 164 Å². The van der Waals surface area contributed by atoms with Crippen LogP contribution in [0.2, 0.25) is 0 Å². The average Bonchev–Trinajstić information content (AvgIpc) is 3.13. The molecule has 1 aliphatic rings. The third-order valence-corrected chi connectivity index (χ3v) is 5.48. The number of thioether (sulfide) groups is 1. The summed E-state index contributed by atoms with van der Waals surface area (Å²) in [4.78, 5) is 16.9. The molecular weight excluding hydrogens is 364 g/mol. The van der Waals surface area contributed by atoms with E-state index < -0.39 is 0 Å². The fourth-order valence-electron chi connectivity index (χ4n) is 2.94. The third-order valence-electron chi connectivity index (χ3n) is 4.56. The van der Waals surface area contributed by atoms with Crippen LogP contribution in [-0.4, -0.2) is 63.9 Å². The van der Waals surface area contributed by atoms with E-state index in [1.807, 2.05) is 43.0 Å². The topological polar surface area (TPSA) is 71.7 Å². The summed E-state index contributed by atoms with van der Waals surface area (Å²) in [5.74, 6) is 1.28. The Hall–Kier alpha value is -2.06. The number of ether oxygens (including phenoxy) is 1. The number of rotatable bonds is 7. The monoisotopic (exact) mass is 390 g/mol. The van der Waals surface area contributed by atoms with E-state index in [1.165, 1.54) is 11.8 Å². The Kier molecular flexibility index (Phi) is 6.73. The predicted octanol–water partition coefficient (Wildman–Crippen LogP) is 2.60. The van der Waals surface area contributed by atoms with E-state index in [1.54, 1.807) is 0 Å². The van der Waals surface area contributed by atoms with Crippen LogP contribution >= 0.6 is 11.8 Å². The van der Waals surface area contributed by atoms with Gasteiger partial charge in [0.1, 0.15) is 5.75 Å². The molecule has 0 spiro atoms. The Morgan fingerprint density at radius 2 is 2.07 bits per heavy atom. The molecule has 1 amide bonds. The molecule has 27 heavy (non-hydrogen) atoms. The maximum Gasteiger partial charge on any atom is 0.277 e. The molecule has 2 heterocycles. The first-order chi connectivity index (χ1) is 13.0. The lowest BCUT2D eigenvalue weighted by molar-refractivity contribution is -0.132. The number of nitrogens with zero attached hydrogens (tertiary/aromatic N) is 4. The van der Waals surface area contributed by atoms with Crippen LogP contribution < -0.4 is 4.74 Å². The maximum atomic E-state index is 12.6. The first-order valence-electron chi connectivity index (χ1n) is 9.25. The van der Waals surface area contributed by atoms with Crippen LogP contribution in [0.3, 0.4) is 0 Å². The lowest BCUT2D eigenvalue weighted by Crippen LogP contribution is -2.50. The number of piperazine rings is 1. The van der Waals surface area contributed by atoms with Gasteiger partial charge in [-0.3, -0.25) is 4.79 Å². The molecule has 2 aromatic rings. The van der Waals surface area contributed by atoms with E-state index in [2.05, 4.69) is 22.0 Å². The third kappa shape index (κ3) is 5.46. The first-order valence-corrected chi connectivity index (χ1v) is 10.1. The molecule has 1 unspecified atom stereocenters. The standard InChI is InChI=1S/C19H26N4O3S/c1-4-22-8-10-23(11-9-22)18(24)15(3)27-19-21-20-17(26-19)13-25-16-7-5-6-14(2)12-16/h5-7,12,15H,4,8-11,13H2,1-3H3. The number of hydrogen-bond donors (Lipinski definition) is 0. The second kappa shape index (κ2) is 9.23. The van der Waals surface area contributed by atoms with Gasteiger partial charge in [0.25, 0.3) is 11.1 Å². The zero-order valence-electron chi connectivity index (χ0n) is 16.1. The Morgan fingerprint density at radius 3 is 2.78 bits per heavy atom. The van der Waals surface area contributed by atoms with E-state index in [4.69, 9.17) is 9.15 Å². The van der Waals surface area contributed by atoms with Crippen molar-refractivity contribution in [2.24, 2.45) is 0 Å². The summed E-state index contributed by atoms with van der Waals surface area (Å²) in [6, 6.07) is 7.78. The first kappa shape index (κ1) is 19.7. The minimum Gasteiger partial charge on any atom is -0.484 e. The number of amides is 1. The van der Waals surface area contributed by atoms with Gasteiger partial charge in [0.2, 0.25) is 5.91 Å². The SMILES string of the molecule is CCN1CCN(C(=O)C(C)Sc2nnc(COc3cccc(C)c3)o2)CC1. The van der Waals surface area contributed by atoms with Crippen molar-refractivity contribution in [3.8, 4) is 5.75 Å². The quantitative estimate of drug-likeness (QED) is 0.673. The Balaban J connectivity index is 1.48. The molecule has 1 aromatic heterocycles. The molecular formula is C19H26N4O3S. The predicted molar refractivity (Wildman–Crippen MR) is 104 cm³/mol. The number of likely N-dealkylation sites (N-methyl/N-ethyl adjacent to an activating group) is 1. The summed E-state index contributed by atoms with van der Waals surface area (Å²) in [5, 5.41) is 8.17. The van der Waals surface area contributed by atoms with Crippen molar-refractivity contribution >= 4 is 17.7 Å². The summed E-state index contributed by atoms with van der Waals surface area (Å²) in [5.41, 5.74) is 1.13. The van der Waals surface area contributed by atoms with Crippen molar-refractivity contribution in [1.82, 2.24) is 20.0 Å². The molecule has 0 saturated carbocycles. The molecule has 8 heteroatoms. The molecule has 7 nitrogen and oxygen atoms in total. The number of benzene rings is 1. The summed E-state index contributed by atoms with van der Waals surface area (Å²) in [6.07, 6.45) is 0. The van der Waals surface area contributed by atoms with Crippen LogP contribution in [0.25, 0.3) is 0 Å². The Bertz CT molecular complexity index is 759. The maximum absolute atomic E-state index is 12.6. The molecule has 0 aliphatic carbocycles. The summed E-state index contributed by atoms with van der Waals surface area (Å²) in [6.45, 7) is 10.7. The molecule has 0 bridgehead atoms. The number of aromatic nitrogens is 2. The van der Waals surface area contributed by atoms with Crippen molar-refractivity contribution in [1.29, 1.82) is 0 Å². The lowest BCUT2D eigenvalue weighted by Gasteiger charge is -2.35. The zero-order valence-corrected chi connectivity index (χ0v) is 16.9. The van der Waals surface area contributed by atoms with E-state index in [0.29, 0.717) is 11.1 Å². The van der Waals surface area contributed by atoms with E-state index in [-0.39, 0.29) is 17.8 Å². The largest absolute Gasteiger partial charge is 0.484 e. The van der Waals surface area contributed by atoms with E-state index in [0.717, 1.165) is 44.0 Å². The van der Waals surface area contributed by atoms with Crippen LogP contribution in [-0.2, 0) is 11.4 Å². The van der Waals surface area contributed by atoms with Gasteiger partial charge in [-0.25, -0.2) is 0 Å². The van der Waals surface area contributed by atoms with E-state index in [9.17, 15) is 4.79 Å². The zero-order chi connectivity index (χ0) is 19.2. The molecule has 1 fully saturated rings. The van der Waals surface area contributed by atoms with Crippen molar-refractivity contribution in [3.05, 3.63) is 35.7 Å². The highest BCUT2D eigenvalue weighted by atomic mass is 32.2.